The molecule has 3 rings (SSSR count). The third-order valence-electron chi connectivity index (χ3n) is 4.67. The van der Waals surface area contributed by atoms with Crippen molar-refractivity contribution in [2.75, 3.05) is 24.5 Å². The molecule has 4 nitrogen and oxygen atoms in total. The third kappa shape index (κ3) is 2.59. The maximum atomic E-state index is 5.75. The van der Waals surface area contributed by atoms with E-state index < -0.39 is 0 Å². The van der Waals surface area contributed by atoms with Crippen LogP contribution in [0.1, 0.15) is 49.8 Å². The Balaban J connectivity index is 1.77. The van der Waals surface area contributed by atoms with Crippen molar-refractivity contribution in [3.63, 3.8) is 0 Å². The van der Waals surface area contributed by atoms with Crippen molar-refractivity contribution >= 4 is 5.95 Å². The summed E-state index contributed by atoms with van der Waals surface area (Å²) >= 11 is 0. The van der Waals surface area contributed by atoms with Crippen LogP contribution in [0.2, 0.25) is 0 Å². The summed E-state index contributed by atoms with van der Waals surface area (Å²) in [6.07, 6.45) is 8.09. The van der Waals surface area contributed by atoms with Gasteiger partial charge in [0.1, 0.15) is 0 Å². The van der Waals surface area contributed by atoms with E-state index in [1.165, 1.54) is 36.9 Å². The molecule has 1 atom stereocenters. The van der Waals surface area contributed by atoms with Gasteiger partial charge in [0, 0.05) is 19.3 Å². The minimum Gasteiger partial charge on any atom is -0.341 e. The predicted octanol–water partition coefficient (Wildman–Crippen LogP) is 2.09. The maximum Gasteiger partial charge on any atom is 0.225 e. The monoisotopic (exact) mass is 260 g/mol. The number of hydrogen-bond donors (Lipinski definition) is 1. The number of fused-ring (bicyclic) bond motifs is 1. The van der Waals surface area contributed by atoms with Crippen molar-refractivity contribution in [3.05, 3.63) is 17.5 Å². The topological polar surface area (TPSA) is 55.0 Å². The van der Waals surface area contributed by atoms with E-state index in [0.29, 0.717) is 11.8 Å². The van der Waals surface area contributed by atoms with E-state index in [1.54, 1.807) is 0 Å². The smallest absolute Gasteiger partial charge is 0.225 e. The lowest BCUT2D eigenvalue weighted by atomic mass is 9.89. The van der Waals surface area contributed by atoms with Crippen LogP contribution in [0.5, 0.6) is 0 Å². The van der Waals surface area contributed by atoms with Gasteiger partial charge in [0.25, 0.3) is 0 Å². The number of rotatable bonds is 2. The Morgan fingerprint density at radius 3 is 2.84 bits per heavy atom. The summed E-state index contributed by atoms with van der Waals surface area (Å²) in [5, 5.41) is 0. The fourth-order valence-electron chi connectivity index (χ4n) is 3.29. The zero-order valence-electron chi connectivity index (χ0n) is 11.8. The molecule has 1 fully saturated rings. The maximum absolute atomic E-state index is 5.75. The Morgan fingerprint density at radius 2 is 2.11 bits per heavy atom. The van der Waals surface area contributed by atoms with Crippen LogP contribution >= 0.6 is 0 Å². The molecule has 0 radical (unpaired) electrons. The summed E-state index contributed by atoms with van der Waals surface area (Å²) < 4.78 is 0. The summed E-state index contributed by atoms with van der Waals surface area (Å²) in [7, 11) is 0. The van der Waals surface area contributed by atoms with E-state index in [9.17, 15) is 0 Å². The average Bonchev–Trinajstić information content (AvgIpc) is 2.47. The van der Waals surface area contributed by atoms with Crippen LogP contribution < -0.4 is 10.6 Å². The molecule has 104 valence electrons. The predicted molar refractivity (Wildman–Crippen MR) is 77.4 cm³/mol. The minimum absolute atomic E-state index is 0.590. The number of nitrogens with zero attached hydrogens (tertiary/aromatic N) is 3. The Labute approximate surface area is 115 Å². The molecule has 19 heavy (non-hydrogen) atoms. The van der Waals surface area contributed by atoms with Crippen LogP contribution in [-0.4, -0.2) is 29.6 Å². The number of aryl methyl sites for hydroxylation is 1. The molecule has 4 heteroatoms. The van der Waals surface area contributed by atoms with E-state index in [0.717, 1.165) is 32.0 Å². The molecule has 2 N–H and O–H groups in total. The van der Waals surface area contributed by atoms with Gasteiger partial charge in [-0.15, -0.1) is 0 Å². The van der Waals surface area contributed by atoms with E-state index in [2.05, 4.69) is 23.0 Å². The van der Waals surface area contributed by atoms with Gasteiger partial charge in [-0.05, 0) is 56.0 Å². The molecular formula is C15H24N4. The van der Waals surface area contributed by atoms with Crippen molar-refractivity contribution in [3.8, 4) is 0 Å². The molecule has 1 aliphatic heterocycles. The first kappa shape index (κ1) is 12.9. The zero-order valence-corrected chi connectivity index (χ0v) is 11.8. The van der Waals surface area contributed by atoms with Crippen molar-refractivity contribution in [1.82, 2.24) is 9.97 Å². The lowest BCUT2D eigenvalue weighted by Crippen LogP contribution is -2.37. The highest BCUT2D eigenvalue weighted by Gasteiger charge is 2.23. The number of anilines is 1. The standard InChI is InChI=1S/C15H24N4/c1-11-3-2-4-13-10-17-15(18-14(11)13)19-7-5-12(9-16)6-8-19/h10-12H,2-9,16H2,1H3. The highest BCUT2D eigenvalue weighted by Crippen LogP contribution is 2.30. The molecular weight excluding hydrogens is 236 g/mol. The molecule has 1 aromatic rings. The van der Waals surface area contributed by atoms with Crippen LogP contribution in [0, 0.1) is 5.92 Å². The summed E-state index contributed by atoms with van der Waals surface area (Å²) in [5.74, 6) is 2.21. The molecule has 0 bridgehead atoms. The second kappa shape index (κ2) is 5.45. The van der Waals surface area contributed by atoms with Gasteiger partial charge < -0.3 is 10.6 Å². The van der Waals surface area contributed by atoms with Crippen LogP contribution in [0.4, 0.5) is 5.95 Å². The van der Waals surface area contributed by atoms with Gasteiger partial charge in [0.2, 0.25) is 5.95 Å². The Bertz CT molecular complexity index is 438. The summed E-state index contributed by atoms with van der Waals surface area (Å²) in [6.45, 7) is 5.20. The molecule has 2 aliphatic rings. The first-order valence-corrected chi connectivity index (χ1v) is 7.58. The first-order chi connectivity index (χ1) is 9.28. The molecule has 0 spiro atoms. The Hall–Kier alpha value is -1.16. The van der Waals surface area contributed by atoms with Crippen molar-refractivity contribution in [2.45, 2.75) is 44.9 Å². The summed E-state index contributed by atoms with van der Waals surface area (Å²) in [6, 6.07) is 0. The molecule has 0 saturated carbocycles. The van der Waals surface area contributed by atoms with Crippen LogP contribution in [0.3, 0.4) is 0 Å². The van der Waals surface area contributed by atoms with Crippen molar-refractivity contribution < 1.29 is 0 Å². The number of piperidine rings is 1. The SMILES string of the molecule is CC1CCCc2cnc(N3CCC(CN)CC3)nc21. The molecule has 1 unspecified atom stereocenters. The normalized spacial score (nSPS) is 24.3. The van der Waals surface area contributed by atoms with Crippen LogP contribution in [0.15, 0.2) is 6.20 Å². The van der Waals surface area contributed by atoms with Gasteiger partial charge in [-0.25, -0.2) is 9.97 Å². The number of aromatic nitrogens is 2. The van der Waals surface area contributed by atoms with Crippen molar-refractivity contribution in [2.24, 2.45) is 11.7 Å². The second-order valence-electron chi connectivity index (χ2n) is 6.04. The highest BCUT2D eigenvalue weighted by molar-refractivity contribution is 5.36. The molecule has 1 saturated heterocycles. The number of nitrogens with two attached hydrogens (primary N) is 1. The summed E-state index contributed by atoms with van der Waals surface area (Å²) in [5.41, 5.74) is 8.40. The van der Waals surface area contributed by atoms with Crippen LogP contribution in [-0.2, 0) is 6.42 Å². The number of hydrogen-bond acceptors (Lipinski definition) is 4. The fraction of sp³-hybridized carbons (Fsp3) is 0.733. The highest BCUT2D eigenvalue weighted by atomic mass is 15.3. The van der Waals surface area contributed by atoms with Gasteiger partial charge in [0.05, 0.1) is 5.69 Å². The molecule has 2 heterocycles. The van der Waals surface area contributed by atoms with Crippen molar-refractivity contribution in [1.29, 1.82) is 0 Å². The quantitative estimate of drug-likeness (QED) is 0.884. The van der Waals surface area contributed by atoms with Gasteiger partial charge >= 0.3 is 0 Å². The van der Waals surface area contributed by atoms with Crippen LogP contribution in [0.25, 0.3) is 0 Å². The molecule has 1 aliphatic carbocycles. The van der Waals surface area contributed by atoms with Gasteiger partial charge in [-0.2, -0.15) is 0 Å². The first-order valence-electron chi connectivity index (χ1n) is 7.58. The molecule has 0 amide bonds. The summed E-state index contributed by atoms with van der Waals surface area (Å²) in [4.78, 5) is 11.8. The second-order valence-corrected chi connectivity index (χ2v) is 6.04. The third-order valence-corrected chi connectivity index (χ3v) is 4.67. The van der Waals surface area contributed by atoms with Gasteiger partial charge in [0.15, 0.2) is 0 Å². The van der Waals surface area contributed by atoms with E-state index in [4.69, 9.17) is 10.7 Å². The van der Waals surface area contributed by atoms with E-state index >= 15 is 0 Å². The zero-order chi connectivity index (χ0) is 13.2. The Morgan fingerprint density at radius 1 is 1.32 bits per heavy atom. The minimum atomic E-state index is 0.590. The molecule has 0 aromatic carbocycles. The average molecular weight is 260 g/mol. The molecule has 1 aromatic heterocycles. The lowest BCUT2D eigenvalue weighted by molar-refractivity contribution is 0.410. The lowest BCUT2D eigenvalue weighted by Gasteiger charge is -2.32. The Kier molecular flexibility index (Phi) is 3.69. The van der Waals surface area contributed by atoms with E-state index in [-0.39, 0.29) is 0 Å². The van der Waals surface area contributed by atoms with Gasteiger partial charge in [-0.3, -0.25) is 0 Å². The fourth-order valence-corrected chi connectivity index (χ4v) is 3.29. The largest absolute Gasteiger partial charge is 0.341 e. The van der Waals surface area contributed by atoms with E-state index in [1.807, 2.05) is 0 Å². The van der Waals surface area contributed by atoms with Gasteiger partial charge in [-0.1, -0.05) is 6.92 Å².